The molecule has 0 rings (SSSR count). The Labute approximate surface area is 91.8 Å². The lowest BCUT2D eigenvalue weighted by Gasteiger charge is -2.18. The van der Waals surface area contributed by atoms with Crippen molar-refractivity contribution < 1.29 is 30.0 Å². The van der Waals surface area contributed by atoms with E-state index in [2.05, 4.69) is 6.58 Å². The van der Waals surface area contributed by atoms with Crippen molar-refractivity contribution in [2.24, 2.45) is 5.73 Å². The minimum Gasteiger partial charge on any atom is -0.394 e. The van der Waals surface area contributed by atoms with Gasteiger partial charge >= 0.3 is 0 Å². The third kappa shape index (κ3) is 3.47. The van der Waals surface area contributed by atoms with Crippen LogP contribution in [0.1, 0.15) is 0 Å². The van der Waals surface area contributed by atoms with Crippen molar-refractivity contribution in [2.45, 2.75) is 24.4 Å². The van der Waals surface area contributed by atoms with Crippen molar-refractivity contribution in [1.82, 2.24) is 0 Å². The van der Waals surface area contributed by atoms with Crippen LogP contribution in [-0.2, 0) is 9.59 Å². The molecule has 0 spiro atoms. The van der Waals surface area contributed by atoms with Gasteiger partial charge in [0.25, 0.3) is 0 Å². The minimum atomic E-state index is -1.97. The van der Waals surface area contributed by atoms with E-state index in [9.17, 15) is 9.59 Å². The van der Waals surface area contributed by atoms with Crippen LogP contribution < -0.4 is 5.73 Å². The van der Waals surface area contributed by atoms with Crippen LogP contribution in [0.2, 0.25) is 0 Å². The zero-order valence-electron chi connectivity index (χ0n) is 8.48. The summed E-state index contributed by atoms with van der Waals surface area (Å²) in [5.41, 5.74) is 5.17. The number of hydrogen-bond acceptors (Lipinski definition) is 7. The first-order valence-electron chi connectivity index (χ1n) is 4.47. The lowest BCUT2D eigenvalue weighted by atomic mass is 9.98. The van der Waals surface area contributed by atoms with Gasteiger partial charge in [-0.15, -0.1) is 6.58 Å². The molecule has 0 saturated carbocycles. The molecule has 0 aromatic carbocycles. The Morgan fingerprint density at radius 3 is 2.12 bits per heavy atom. The molecule has 4 atom stereocenters. The number of nitrogens with two attached hydrogens (primary N) is 1. The molecule has 7 nitrogen and oxygen atoms in total. The third-order valence-electron chi connectivity index (χ3n) is 1.97. The molecule has 0 heterocycles. The van der Waals surface area contributed by atoms with Crippen molar-refractivity contribution in [1.29, 1.82) is 0 Å². The molecule has 0 amide bonds. The zero-order valence-corrected chi connectivity index (χ0v) is 8.48. The second kappa shape index (κ2) is 6.46. The van der Waals surface area contributed by atoms with Gasteiger partial charge in [0.1, 0.15) is 24.4 Å². The Balaban J connectivity index is 4.61. The fraction of sp³-hybridized carbons (Fsp3) is 0.556. The van der Waals surface area contributed by atoms with Gasteiger partial charge in [-0.3, -0.25) is 9.59 Å². The van der Waals surface area contributed by atoms with Gasteiger partial charge in [0.15, 0.2) is 11.6 Å². The molecule has 0 saturated heterocycles. The first-order valence-corrected chi connectivity index (χ1v) is 4.47. The number of carbonyl (C=O) groups is 2. The Bertz CT molecular complexity index is 279. The van der Waals surface area contributed by atoms with Gasteiger partial charge in [-0.1, -0.05) is 6.08 Å². The highest BCUT2D eigenvalue weighted by atomic mass is 16.4. The summed E-state index contributed by atoms with van der Waals surface area (Å²) < 4.78 is 0. The Hall–Kier alpha value is -1.12. The number of ketones is 2. The molecule has 0 aromatic heterocycles. The first kappa shape index (κ1) is 14.9. The van der Waals surface area contributed by atoms with Crippen molar-refractivity contribution in [2.75, 3.05) is 6.61 Å². The zero-order chi connectivity index (χ0) is 12.9. The Morgan fingerprint density at radius 2 is 1.75 bits per heavy atom. The van der Waals surface area contributed by atoms with Crippen LogP contribution >= 0.6 is 0 Å². The largest absolute Gasteiger partial charge is 0.394 e. The van der Waals surface area contributed by atoms with Gasteiger partial charge in [-0.25, -0.2) is 0 Å². The molecule has 0 aromatic rings. The van der Waals surface area contributed by atoms with Crippen LogP contribution in [0.15, 0.2) is 12.7 Å². The number of Topliss-reactive ketones (excluding diaryl/α,β-unsaturated/α-hetero) is 2. The summed E-state index contributed by atoms with van der Waals surface area (Å²) in [4.78, 5) is 22.5. The maximum absolute atomic E-state index is 11.3. The lowest BCUT2D eigenvalue weighted by Crippen LogP contribution is -2.51. The number of aliphatic hydroxyl groups is 4. The Morgan fingerprint density at radius 1 is 1.25 bits per heavy atom. The molecule has 1 unspecified atom stereocenters. The summed E-state index contributed by atoms with van der Waals surface area (Å²) in [6.45, 7) is 2.28. The van der Waals surface area contributed by atoms with E-state index in [0.29, 0.717) is 0 Å². The van der Waals surface area contributed by atoms with E-state index in [1.54, 1.807) is 0 Å². The molecule has 7 heteroatoms. The van der Waals surface area contributed by atoms with Crippen molar-refractivity contribution in [3.8, 4) is 0 Å². The summed E-state index contributed by atoms with van der Waals surface area (Å²) in [6, 6.07) is -1.77. The first-order chi connectivity index (χ1) is 7.36. The molecule has 0 fully saturated rings. The molecule has 0 aliphatic carbocycles. The topological polar surface area (TPSA) is 141 Å². The van der Waals surface area contributed by atoms with Crippen LogP contribution in [0.5, 0.6) is 0 Å². The van der Waals surface area contributed by atoms with E-state index < -0.39 is 42.5 Å². The van der Waals surface area contributed by atoms with Gasteiger partial charge < -0.3 is 26.2 Å². The van der Waals surface area contributed by atoms with Crippen molar-refractivity contribution >= 4 is 11.6 Å². The number of rotatable bonds is 7. The molecule has 0 aliphatic rings. The highest BCUT2D eigenvalue weighted by Crippen LogP contribution is 2.01. The van der Waals surface area contributed by atoms with E-state index in [4.69, 9.17) is 26.2 Å². The lowest BCUT2D eigenvalue weighted by molar-refractivity contribution is -0.141. The second-order valence-electron chi connectivity index (χ2n) is 3.16. The molecular formula is C9H15NO6. The highest BCUT2D eigenvalue weighted by Gasteiger charge is 2.34. The second-order valence-corrected chi connectivity index (χ2v) is 3.16. The van der Waals surface area contributed by atoms with Crippen LogP contribution in [-0.4, -0.2) is 63.0 Å². The molecular weight excluding hydrogens is 218 g/mol. The summed E-state index contributed by atoms with van der Waals surface area (Å²) in [5.74, 6) is -2.21. The summed E-state index contributed by atoms with van der Waals surface area (Å²) in [7, 11) is 0. The summed E-state index contributed by atoms with van der Waals surface area (Å²) in [6.07, 6.45) is -4.42. The molecule has 6 N–H and O–H groups in total. The van der Waals surface area contributed by atoms with Crippen LogP contribution in [0.25, 0.3) is 0 Å². The normalized spacial score (nSPS) is 18.3. The predicted octanol–water partition coefficient (Wildman–Crippen LogP) is -3.29. The standard InChI is InChI=1S/C9H15NO6/c1-2-4(12)7(14)6(10)9(16)8(15)5(13)3-11/h2,4-6,8,11-13,15H,1,3,10H2/t4?,5-,6-,8-/m1/s1. The number of aliphatic hydroxyl groups excluding tert-OH is 4. The van der Waals surface area contributed by atoms with E-state index in [0.717, 1.165) is 6.08 Å². The van der Waals surface area contributed by atoms with Crippen LogP contribution in [0.4, 0.5) is 0 Å². The van der Waals surface area contributed by atoms with E-state index in [1.165, 1.54) is 0 Å². The monoisotopic (exact) mass is 233 g/mol. The molecule has 0 radical (unpaired) electrons. The van der Waals surface area contributed by atoms with Crippen LogP contribution in [0, 0.1) is 0 Å². The van der Waals surface area contributed by atoms with Gasteiger partial charge in [0, 0.05) is 0 Å². The number of hydrogen-bond donors (Lipinski definition) is 5. The fourth-order valence-corrected chi connectivity index (χ4v) is 0.914. The summed E-state index contributed by atoms with van der Waals surface area (Å²) >= 11 is 0. The SMILES string of the molecule is C=CC(O)C(=O)[C@@H](N)C(=O)[C@H](O)[C@H](O)CO. The summed E-state index contributed by atoms with van der Waals surface area (Å²) in [5, 5.41) is 35.6. The van der Waals surface area contributed by atoms with Crippen molar-refractivity contribution in [3.63, 3.8) is 0 Å². The number of carbonyl (C=O) groups excluding carboxylic acids is 2. The molecule has 92 valence electrons. The van der Waals surface area contributed by atoms with Gasteiger partial charge in [-0.05, 0) is 0 Å². The average molecular weight is 233 g/mol. The fourth-order valence-electron chi connectivity index (χ4n) is 0.914. The predicted molar refractivity (Wildman–Crippen MR) is 53.3 cm³/mol. The van der Waals surface area contributed by atoms with Gasteiger partial charge in [0.05, 0.1) is 6.61 Å². The maximum atomic E-state index is 11.3. The smallest absolute Gasteiger partial charge is 0.189 e. The minimum absolute atomic E-state index is 0.849. The molecule has 0 aliphatic heterocycles. The molecule has 0 bridgehead atoms. The van der Waals surface area contributed by atoms with Crippen LogP contribution in [0.3, 0.4) is 0 Å². The average Bonchev–Trinajstić information content (AvgIpc) is 2.32. The highest BCUT2D eigenvalue weighted by molar-refractivity contribution is 6.10. The van der Waals surface area contributed by atoms with Gasteiger partial charge in [0.2, 0.25) is 0 Å². The van der Waals surface area contributed by atoms with E-state index in [-0.39, 0.29) is 0 Å². The quantitative estimate of drug-likeness (QED) is 0.229. The van der Waals surface area contributed by atoms with Crippen molar-refractivity contribution in [3.05, 3.63) is 12.7 Å². The van der Waals surface area contributed by atoms with Gasteiger partial charge in [-0.2, -0.15) is 0 Å². The van der Waals surface area contributed by atoms with E-state index in [1.807, 2.05) is 0 Å². The maximum Gasteiger partial charge on any atom is 0.189 e. The Kier molecular flexibility index (Phi) is 6.01. The van der Waals surface area contributed by atoms with E-state index >= 15 is 0 Å². The third-order valence-corrected chi connectivity index (χ3v) is 1.97. The molecule has 16 heavy (non-hydrogen) atoms.